The molecule has 32 heavy (non-hydrogen) atoms. The van der Waals surface area contributed by atoms with Gasteiger partial charge < -0.3 is 24.5 Å². The largest absolute Gasteiger partial charge is 0.493 e. The minimum Gasteiger partial charge on any atom is -0.493 e. The van der Waals surface area contributed by atoms with Crippen LogP contribution in [0.3, 0.4) is 0 Å². The topological polar surface area (TPSA) is 117 Å². The molecule has 1 atom stereocenters. The number of methoxy groups -OCH3 is 1. The van der Waals surface area contributed by atoms with Crippen LogP contribution in [0, 0.1) is 11.3 Å². The Kier molecular flexibility index (Phi) is 5.40. The molecule has 2 N–H and O–H groups in total. The van der Waals surface area contributed by atoms with Gasteiger partial charge in [-0.3, -0.25) is 9.59 Å². The number of nitrogens with two attached hydrogens (primary N) is 1. The number of esters is 1. The maximum absolute atomic E-state index is 13.4. The second-order valence-electron chi connectivity index (χ2n) is 7.18. The molecule has 8 nitrogen and oxygen atoms in total. The van der Waals surface area contributed by atoms with E-state index in [2.05, 4.69) is 22.0 Å². The average Bonchev–Trinajstić information content (AvgIpc) is 2.77. The molecule has 162 valence electrons. The van der Waals surface area contributed by atoms with Gasteiger partial charge in [0.15, 0.2) is 11.5 Å². The Labute approximate surface area is 191 Å². The molecule has 1 aliphatic heterocycles. The van der Waals surface area contributed by atoms with Crippen molar-refractivity contribution >= 4 is 32.8 Å². The lowest BCUT2D eigenvalue weighted by molar-refractivity contribution is -0.132. The lowest BCUT2D eigenvalue weighted by Crippen LogP contribution is -2.31. The number of pyridine rings is 1. The van der Waals surface area contributed by atoms with E-state index in [1.165, 1.54) is 18.6 Å². The molecule has 4 rings (SSSR count). The third-order valence-corrected chi connectivity index (χ3v) is 5.88. The number of carbonyl (C=O) groups is 1. The molecule has 0 aliphatic carbocycles. The number of para-hydroxylation sites is 1. The summed E-state index contributed by atoms with van der Waals surface area (Å²) < 4.78 is 18.4. The highest BCUT2D eigenvalue weighted by atomic mass is 79.9. The number of nitriles is 1. The van der Waals surface area contributed by atoms with Crippen LogP contribution in [0.2, 0.25) is 0 Å². The van der Waals surface area contributed by atoms with Gasteiger partial charge in [0.25, 0.3) is 5.56 Å². The minimum absolute atomic E-state index is 0.0810. The van der Waals surface area contributed by atoms with Crippen LogP contribution in [-0.4, -0.2) is 17.6 Å². The van der Waals surface area contributed by atoms with Crippen molar-refractivity contribution in [1.29, 1.82) is 5.26 Å². The monoisotopic (exact) mass is 495 g/mol. The summed E-state index contributed by atoms with van der Waals surface area (Å²) in [6.07, 6.45) is 0. The zero-order valence-electron chi connectivity index (χ0n) is 17.4. The molecule has 0 radical (unpaired) electrons. The molecule has 0 saturated heterocycles. The number of hydrogen-bond donors (Lipinski definition) is 1. The van der Waals surface area contributed by atoms with E-state index in [0.29, 0.717) is 26.7 Å². The van der Waals surface area contributed by atoms with E-state index < -0.39 is 11.9 Å². The number of allylic oxidation sites excluding steroid dienone is 1. The van der Waals surface area contributed by atoms with Crippen molar-refractivity contribution in [3.63, 3.8) is 0 Å². The minimum atomic E-state index is -0.816. The molecule has 1 aromatic heterocycles. The fraction of sp³-hybridized carbons (Fsp3) is 0.174. The SMILES string of the molecule is COc1cc([C@H]2C(C#N)=C(N)Oc3c2c(=O)n(C)c2ccccc32)cc(Br)c1OC(C)=O. The van der Waals surface area contributed by atoms with Crippen LogP contribution in [0.5, 0.6) is 17.2 Å². The third kappa shape index (κ3) is 3.29. The number of fused-ring (bicyclic) bond motifs is 3. The van der Waals surface area contributed by atoms with Crippen molar-refractivity contribution in [1.82, 2.24) is 4.57 Å². The van der Waals surface area contributed by atoms with E-state index in [1.807, 2.05) is 24.3 Å². The Morgan fingerprint density at radius 2 is 2.03 bits per heavy atom. The highest BCUT2D eigenvalue weighted by Gasteiger charge is 2.36. The van der Waals surface area contributed by atoms with Gasteiger partial charge in [-0.2, -0.15) is 5.26 Å². The maximum Gasteiger partial charge on any atom is 0.308 e. The van der Waals surface area contributed by atoms with Crippen LogP contribution in [0.15, 0.2) is 57.1 Å². The number of aromatic nitrogens is 1. The highest BCUT2D eigenvalue weighted by molar-refractivity contribution is 9.10. The summed E-state index contributed by atoms with van der Waals surface area (Å²) in [5.74, 6) is -0.658. The van der Waals surface area contributed by atoms with Gasteiger partial charge in [0.2, 0.25) is 5.88 Å². The Balaban J connectivity index is 2.06. The first-order chi connectivity index (χ1) is 15.3. The number of carbonyl (C=O) groups excluding carboxylic acids is 1. The second kappa shape index (κ2) is 8.05. The molecule has 0 spiro atoms. The van der Waals surface area contributed by atoms with Crippen molar-refractivity contribution < 1.29 is 19.0 Å². The summed E-state index contributed by atoms with van der Waals surface area (Å²) >= 11 is 3.40. The van der Waals surface area contributed by atoms with Crippen molar-refractivity contribution in [2.45, 2.75) is 12.8 Å². The zero-order chi connectivity index (χ0) is 23.2. The van der Waals surface area contributed by atoms with Crippen molar-refractivity contribution in [2.24, 2.45) is 12.8 Å². The fourth-order valence-electron chi connectivity index (χ4n) is 3.91. The molecule has 0 unspecified atom stereocenters. The number of rotatable bonds is 3. The number of nitrogens with zero attached hydrogens (tertiary/aromatic N) is 2. The molecule has 2 aromatic carbocycles. The summed E-state index contributed by atoms with van der Waals surface area (Å²) in [6, 6.07) is 12.7. The molecular weight excluding hydrogens is 478 g/mol. The van der Waals surface area contributed by atoms with Gasteiger partial charge in [0, 0.05) is 19.4 Å². The highest BCUT2D eigenvalue weighted by Crippen LogP contribution is 2.46. The lowest BCUT2D eigenvalue weighted by Gasteiger charge is -2.28. The predicted octanol–water partition coefficient (Wildman–Crippen LogP) is 3.45. The lowest BCUT2D eigenvalue weighted by atomic mass is 9.83. The first kappa shape index (κ1) is 21.5. The summed E-state index contributed by atoms with van der Waals surface area (Å²) in [7, 11) is 3.09. The smallest absolute Gasteiger partial charge is 0.308 e. The van der Waals surface area contributed by atoms with Crippen LogP contribution in [0.25, 0.3) is 10.9 Å². The molecule has 9 heteroatoms. The van der Waals surface area contributed by atoms with Crippen molar-refractivity contribution in [3.05, 3.63) is 73.8 Å². The Morgan fingerprint density at radius 3 is 2.69 bits per heavy atom. The Hall–Kier alpha value is -3.77. The summed E-state index contributed by atoms with van der Waals surface area (Å²) in [5.41, 5.74) is 7.41. The normalized spacial score (nSPS) is 15.0. The zero-order valence-corrected chi connectivity index (χ0v) is 19.0. The number of hydrogen-bond acceptors (Lipinski definition) is 7. The van der Waals surface area contributed by atoms with E-state index in [0.717, 1.165) is 0 Å². The van der Waals surface area contributed by atoms with Crippen LogP contribution in [0.1, 0.15) is 24.0 Å². The Morgan fingerprint density at radius 1 is 1.31 bits per heavy atom. The molecule has 1 aliphatic rings. The van der Waals surface area contributed by atoms with Crippen LogP contribution in [0.4, 0.5) is 0 Å². The molecular formula is C23H18BrN3O5. The van der Waals surface area contributed by atoms with Gasteiger partial charge in [0.1, 0.15) is 17.4 Å². The van der Waals surface area contributed by atoms with Crippen LogP contribution >= 0.6 is 15.9 Å². The van der Waals surface area contributed by atoms with Gasteiger partial charge in [-0.1, -0.05) is 12.1 Å². The molecule has 0 amide bonds. The van der Waals surface area contributed by atoms with Gasteiger partial charge in [-0.25, -0.2) is 0 Å². The number of ether oxygens (including phenoxy) is 3. The quantitative estimate of drug-likeness (QED) is 0.436. The summed E-state index contributed by atoms with van der Waals surface area (Å²) in [5, 5.41) is 10.6. The standard InChI is InChI=1S/C23H18BrN3O5/c1-11(28)31-21-15(24)8-12(9-17(21)30-3)18-14(10-25)22(26)32-20-13-6-4-5-7-16(13)27(2)23(29)19(18)20/h4-9,18H,26H2,1-3H3/t18-/m0/s1. The molecule has 0 fully saturated rings. The number of halogens is 1. The van der Waals surface area contributed by atoms with Gasteiger partial charge in [-0.15, -0.1) is 0 Å². The van der Waals surface area contributed by atoms with E-state index in [1.54, 1.807) is 19.2 Å². The van der Waals surface area contributed by atoms with E-state index >= 15 is 0 Å². The van der Waals surface area contributed by atoms with Gasteiger partial charge in [-0.05, 0) is 45.8 Å². The maximum atomic E-state index is 13.4. The Bertz CT molecular complexity index is 1420. The van der Waals surface area contributed by atoms with Crippen LogP contribution in [-0.2, 0) is 11.8 Å². The predicted molar refractivity (Wildman–Crippen MR) is 120 cm³/mol. The summed E-state index contributed by atoms with van der Waals surface area (Å²) in [4.78, 5) is 24.9. The molecule has 2 heterocycles. The molecule has 0 bridgehead atoms. The summed E-state index contributed by atoms with van der Waals surface area (Å²) in [6.45, 7) is 1.28. The second-order valence-corrected chi connectivity index (χ2v) is 8.03. The molecule has 0 saturated carbocycles. The number of aryl methyl sites for hydroxylation is 1. The van der Waals surface area contributed by atoms with Gasteiger partial charge >= 0.3 is 5.97 Å². The van der Waals surface area contributed by atoms with Crippen molar-refractivity contribution in [2.75, 3.05) is 7.11 Å². The first-order valence-electron chi connectivity index (χ1n) is 9.53. The third-order valence-electron chi connectivity index (χ3n) is 5.30. The van der Waals surface area contributed by atoms with Crippen LogP contribution < -0.4 is 25.5 Å². The van der Waals surface area contributed by atoms with E-state index in [4.69, 9.17) is 19.9 Å². The number of benzene rings is 2. The molecule has 3 aromatic rings. The van der Waals surface area contributed by atoms with Gasteiger partial charge in [0.05, 0.1) is 28.6 Å². The van der Waals surface area contributed by atoms with Crippen molar-refractivity contribution in [3.8, 4) is 23.3 Å². The fourth-order valence-corrected chi connectivity index (χ4v) is 4.45. The first-order valence-corrected chi connectivity index (χ1v) is 10.3. The van der Waals surface area contributed by atoms with E-state index in [-0.39, 0.29) is 34.1 Å². The average molecular weight is 496 g/mol. The van der Waals surface area contributed by atoms with E-state index in [9.17, 15) is 14.9 Å².